The van der Waals surface area contributed by atoms with Crippen LogP contribution in [0.1, 0.15) is 36.7 Å². The second kappa shape index (κ2) is 8.41. The summed E-state index contributed by atoms with van der Waals surface area (Å²) in [6.45, 7) is 5.07. The van der Waals surface area contributed by atoms with Crippen LogP contribution in [0.5, 0.6) is 11.6 Å². The zero-order valence-electron chi connectivity index (χ0n) is 15.3. The van der Waals surface area contributed by atoms with Crippen molar-refractivity contribution in [3.05, 3.63) is 44.6 Å². The number of nitro groups is 1. The summed E-state index contributed by atoms with van der Waals surface area (Å²) in [6, 6.07) is 5.91. The molecule has 0 aliphatic carbocycles. The number of thioether (sulfide) groups is 1. The van der Waals surface area contributed by atoms with Gasteiger partial charge in [0.05, 0.1) is 16.6 Å². The first-order chi connectivity index (χ1) is 13.1. The third-order valence-electron chi connectivity index (χ3n) is 3.09. The van der Waals surface area contributed by atoms with Crippen LogP contribution in [-0.4, -0.2) is 32.7 Å². The van der Waals surface area contributed by atoms with E-state index < -0.39 is 33.2 Å². The van der Waals surface area contributed by atoms with Gasteiger partial charge in [-0.05, 0) is 45.2 Å². The zero-order valence-corrected chi connectivity index (χ0v) is 16.9. The van der Waals surface area contributed by atoms with E-state index in [0.717, 1.165) is 11.8 Å². The number of nitrogens with zero attached hydrogens (tertiary/aromatic N) is 4. The van der Waals surface area contributed by atoms with E-state index >= 15 is 0 Å². The Labute approximate surface area is 169 Å². The van der Waals surface area contributed by atoms with E-state index in [0.29, 0.717) is 0 Å². The Bertz CT molecular complexity index is 985. The molecule has 11 heteroatoms. The summed E-state index contributed by atoms with van der Waals surface area (Å²) in [6.07, 6.45) is 1.66. The van der Waals surface area contributed by atoms with Gasteiger partial charge in [0.15, 0.2) is 5.16 Å². The molecule has 146 valence electrons. The molecule has 28 heavy (non-hydrogen) atoms. The second-order valence-electron chi connectivity index (χ2n) is 6.34. The quantitative estimate of drug-likeness (QED) is 0.172. The molecule has 2 aromatic rings. The standard InChI is InChI=1S/C17H15ClN4O5S/c1-17(2,3)27-15(23)10-6-5-9(8-19)7-11(10)26-14-12(22(24)25)13(18)20-16(21-14)28-4/h5-7H,1-4H3. The Morgan fingerprint density at radius 2 is 2.04 bits per heavy atom. The summed E-state index contributed by atoms with van der Waals surface area (Å²) in [4.78, 5) is 30.9. The predicted molar refractivity (Wildman–Crippen MR) is 102 cm³/mol. The van der Waals surface area contributed by atoms with E-state index in [-0.39, 0.29) is 22.0 Å². The number of hydrogen-bond acceptors (Lipinski definition) is 9. The van der Waals surface area contributed by atoms with E-state index in [4.69, 9.17) is 26.3 Å². The largest absolute Gasteiger partial charge is 0.456 e. The van der Waals surface area contributed by atoms with Crippen LogP contribution in [0.4, 0.5) is 5.69 Å². The van der Waals surface area contributed by atoms with E-state index in [1.165, 1.54) is 18.2 Å². The van der Waals surface area contributed by atoms with Crippen molar-refractivity contribution in [3.63, 3.8) is 0 Å². The zero-order chi connectivity index (χ0) is 21.1. The minimum Gasteiger partial charge on any atom is -0.456 e. The van der Waals surface area contributed by atoms with Crippen molar-refractivity contribution >= 4 is 35.0 Å². The SMILES string of the molecule is CSc1nc(Cl)c([N+](=O)[O-])c(Oc2cc(C#N)ccc2C(=O)OC(C)(C)C)n1. The van der Waals surface area contributed by atoms with Gasteiger partial charge in [0.25, 0.3) is 0 Å². The van der Waals surface area contributed by atoms with Crippen LogP contribution in [0.2, 0.25) is 5.15 Å². The molecule has 0 bridgehead atoms. The van der Waals surface area contributed by atoms with Crippen LogP contribution in [-0.2, 0) is 4.74 Å². The fourth-order valence-electron chi connectivity index (χ4n) is 1.99. The summed E-state index contributed by atoms with van der Waals surface area (Å²) < 4.78 is 10.9. The summed E-state index contributed by atoms with van der Waals surface area (Å²) in [5.41, 5.74) is -1.28. The average molecular weight is 423 g/mol. The van der Waals surface area contributed by atoms with Crippen LogP contribution in [0, 0.1) is 21.4 Å². The molecular weight excluding hydrogens is 408 g/mol. The van der Waals surface area contributed by atoms with E-state index in [1.54, 1.807) is 27.0 Å². The normalized spacial score (nSPS) is 10.9. The molecule has 0 N–H and O–H groups in total. The van der Waals surface area contributed by atoms with Gasteiger partial charge >= 0.3 is 17.5 Å². The van der Waals surface area contributed by atoms with Gasteiger partial charge in [-0.25, -0.2) is 9.78 Å². The molecule has 1 heterocycles. The molecule has 0 amide bonds. The molecular formula is C17H15ClN4O5S. The van der Waals surface area contributed by atoms with Crippen LogP contribution >= 0.6 is 23.4 Å². The molecule has 0 radical (unpaired) electrons. The number of aromatic nitrogens is 2. The number of hydrogen-bond donors (Lipinski definition) is 0. The highest BCUT2D eigenvalue weighted by molar-refractivity contribution is 7.98. The molecule has 0 spiro atoms. The van der Waals surface area contributed by atoms with Gasteiger partial charge in [-0.1, -0.05) is 23.4 Å². The summed E-state index contributed by atoms with van der Waals surface area (Å²) in [5.74, 6) is -1.30. The van der Waals surface area contributed by atoms with E-state index in [9.17, 15) is 14.9 Å². The fraction of sp³-hybridized carbons (Fsp3) is 0.294. The molecule has 9 nitrogen and oxygen atoms in total. The van der Waals surface area contributed by atoms with Crippen molar-refractivity contribution in [2.24, 2.45) is 0 Å². The minimum absolute atomic E-state index is 0.0244. The molecule has 1 aromatic heterocycles. The van der Waals surface area contributed by atoms with Gasteiger partial charge in [-0.15, -0.1) is 0 Å². The molecule has 0 saturated heterocycles. The third-order valence-corrected chi connectivity index (χ3v) is 3.90. The Balaban J connectivity index is 2.60. The van der Waals surface area contributed by atoms with Gasteiger partial charge in [-0.2, -0.15) is 10.2 Å². The highest BCUT2D eigenvalue weighted by Crippen LogP contribution is 2.37. The van der Waals surface area contributed by atoms with Crippen molar-refractivity contribution in [2.75, 3.05) is 6.26 Å². The van der Waals surface area contributed by atoms with Gasteiger partial charge in [-0.3, -0.25) is 10.1 Å². The fourth-order valence-corrected chi connectivity index (χ4v) is 2.62. The monoisotopic (exact) mass is 422 g/mol. The number of halogens is 1. The lowest BCUT2D eigenvalue weighted by Crippen LogP contribution is -2.24. The lowest BCUT2D eigenvalue weighted by Gasteiger charge is -2.20. The summed E-state index contributed by atoms with van der Waals surface area (Å²) in [7, 11) is 0. The molecule has 0 unspecified atom stereocenters. The van der Waals surface area contributed by atoms with Crippen molar-refractivity contribution < 1.29 is 19.2 Å². The highest BCUT2D eigenvalue weighted by Gasteiger charge is 2.28. The smallest absolute Gasteiger partial charge is 0.368 e. The van der Waals surface area contributed by atoms with Crippen molar-refractivity contribution in [1.29, 1.82) is 5.26 Å². The van der Waals surface area contributed by atoms with Crippen molar-refractivity contribution in [2.45, 2.75) is 31.5 Å². The molecule has 2 rings (SSSR count). The molecule has 0 fully saturated rings. The van der Waals surface area contributed by atoms with Crippen molar-refractivity contribution in [3.8, 4) is 17.7 Å². The number of carbonyl (C=O) groups is 1. The second-order valence-corrected chi connectivity index (χ2v) is 7.47. The number of nitriles is 1. The Morgan fingerprint density at radius 1 is 1.36 bits per heavy atom. The molecule has 0 atom stereocenters. The first-order valence-corrected chi connectivity index (χ1v) is 9.37. The summed E-state index contributed by atoms with van der Waals surface area (Å²) >= 11 is 6.99. The maximum atomic E-state index is 12.5. The molecule has 1 aromatic carbocycles. The van der Waals surface area contributed by atoms with Gasteiger partial charge in [0.2, 0.25) is 5.15 Å². The first kappa shape index (κ1) is 21.4. The maximum absolute atomic E-state index is 12.5. The van der Waals surface area contributed by atoms with Crippen LogP contribution in [0.15, 0.2) is 23.4 Å². The first-order valence-electron chi connectivity index (χ1n) is 7.77. The van der Waals surface area contributed by atoms with Gasteiger partial charge < -0.3 is 9.47 Å². The van der Waals surface area contributed by atoms with E-state index in [1.807, 2.05) is 6.07 Å². The highest BCUT2D eigenvalue weighted by atomic mass is 35.5. The lowest BCUT2D eigenvalue weighted by atomic mass is 10.1. The third kappa shape index (κ3) is 5.09. The average Bonchev–Trinajstić information content (AvgIpc) is 2.59. The Hall–Kier alpha value is -2.90. The number of esters is 1. The minimum atomic E-state index is -0.789. The van der Waals surface area contributed by atoms with Crippen molar-refractivity contribution in [1.82, 2.24) is 9.97 Å². The van der Waals surface area contributed by atoms with Gasteiger partial charge in [0, 0.05) is 0 Å². The number of carbonyl (C=O) groups excluding carboxylic acids is 1. The molecule has 0 saturated carbocycles. The topological polar surface area (TPSA) is 128 Å². The predicted octanol–water partition coefficient (Wildman–Crippen LogP) is 4.38. The van der Waals surface area contributed by atoms with Crippen LogP contribution < -0.4 is 4.74 Å². The Kier molecular flexibility index (Phi) is 6.43. The Morgan fingerprint density at radius 3 is 2.57 bits per heavy atom. The van der Waals surface area contributed by atoms with Crippen LogP contribution in [0.25, 0.3) is 0 Å². The number of rotatable bonds is 5. The molecule has 0 aliphatic heterocycles. The van der Waals surface area contributed by atoms with Gasteiger partial charge in [0.1, 0.15) is 16.9 Å². The van der Waals surface area contributed by atoms with E-state index in [2.05, 4.69) is 9.97 Å². The number of ether oxygens (including phenoxy) is 2. The number of benzene rings is 1. The summed E-state index contributed by atoms with van der Waals surface area (Å²) in [5, 5.41) is 20.2. The lowest BCUT2D eigenvalue weighted by molar-refractivity contribution is -0.386. The maximum Gasteiger partial charge on any atom is 0.368 e. The molecule has 0 aliphatic rings. The van der Waals surface area contributed by atoms with Crippen LogP contribution in [0.3, 0.4) is 0 Å².